The fraction of sp³-hybridized carbons (Fsp3) is 0.294. The van der Waals surface area contributed by atoms with Crippen LogP contribution in [-0.4, -0.2) is 0 Å². The van der Waals surface area contributed by atoms with Crippen LogP contribution in [0.25, 0.3) is 0 Å². The molecule has 0 aliphatic heterocycles. The van der Waals surface area contributed by atoms with Gasteiger partial charge in [-0.05, 0) is 41.5 Å². The summed E-state index contributed by atoms with van der Waals surface area (Å²) in [6.45, 7) is 4.16. The minimum Gasteiger partial charge on any atom is -0.207 e. The molecule has 0 unspecified atom stereocenters. The Balaban J connectivity index is 2.12. The maximum atomic E-state index is 13.7. The number of benzene rings is 2. The summed E-state index contributed by atoms with van der Waals surface area (Å²) in [6.07, 6.45) is 1.63. The summed E-state index contributed by atoms with van der Waals surface area (Å²) in [4.78, 5) is 0. The molecule has 1 atom stereocenters. The lowest BCUT2D eigenvalue weighted by molar-refractivity contribution is 0.608. The van der Waals surface area contributed by atoms with E-state index in [-0.39, 0.29) is 5.82 Å². The van der Waals surface area contributed by atoms with Gasteiger partial charge in [0.2, 0.25) is 0 Å². The number of hydrogen-bond acceptors (Lipinski definition) is 0. The largest absolute Gasteiger partial charge is 0.207 e. The van der Waals surface area contributed by atoms with Crippen LogP contribution in [0.4, 0.5) is 4.39 Å². The van der Waals surface area contributed by atoms with Gasteiger partial charge in [0.05, 0.1) is 0 Å². The Kier molecular flexibility index (Phi) is 4.14. The minimum absolute atomic E-state index is 0.0738. The molecule has 0 heterocycles. The number of hydrogen-bond donors (Lipinski definition) is 0. The monoisotopic (exact) mass is 242 g/mol. The molecule has 0 aliphatic rings. The second-order valence-electron chi connectivity index (χ2n) is 4.80. The van der Waals surface area contributed by atoms with E-state index < -0.39 is 0 Å². The lowest BCUT2D eigenvalue weighted by atomic mass is 9.93. The Hall–Kier alpha value is -1.63. The van der Waals surface area contributed by atoms with E-state index in [1.807, 2.05) is 37.3 Å². The summed E-state index contributed by atoms with van der Waals surface area (Å²) >= 11 is 0. The lowest BCUT2D eigenvalue weighted by Crippen LogP contribution is -1.99. The third-order valence-corrected chi connectivity index (χ3v) is 3.41. The molecule has 0 N–H and O–H groups in total. The van der Waals surface area contributed by atoms with Gasteiger partial charge in [0.25, 0.3) is 0 Å². The molecule has 1 heteroatoms. The van der Waals surface area contributed by atoms with Crippen molar-refractivity contribution in [3.8, 4) is 0 Å². The van der Waals surface area contributed by atoms with Crippen LogP contribution in [0.5, 0.6) is 0 Å². The molecule has 0 saturated carbocycles. The molecule has 0 saturated heterocycles. The van der Waals surface area contributed by atoms with E-state index in [9.17, 15) is 4.39 Å². The molecular weight excluding hydrogens is 223 g/mol. The zero-order chi connectivity index (χ0) is 13.0. The van der Waals surface area contributed by atoms with E-state index in [0.29, 0.717) is 5.92 Å². The molecule has 0 nitrogen and oxygen atoms in total. The number of aryl methyl sites for hydroxylation is 1. The van der Waals surface area contributed by atoms with Gasteiger partial charge in [-0.2, -0.15) is 0 Å². The predicted octanol–water partition coefficient (Wildman–Crippen LogP) is 4.73. The lowest BCUT2D eigenvalue weighted by Gasteiger charge is -2.12. The average molecular weight is 242 g/mol. The first-order valence-electron chi connectivity index (χ1n) is 6.53. The van der Waals surface area contributed by atoms with Gasteiger partial charge in [0.1, 0.15) is 5.82 Å². The van der Waals surface area contributed by atoms with Crippen LogP contribution in [0.2, 0.25) is 0 Å². The van der Waals surface area contributed by atoms with Gasteiger partial charge in [-0.3, -0.25) is 0 Å². The van der Waals surface area contributed by atoms with E-state index in [0.717, 1.165) is 24.0 Å². The molecule has 2 rings (SSSR count). The summed E-state index contributed by atoms with van der Waals surface area (Å²) < 4.78 is 13.7. The molecule has 0 fully saturated rings. The molecule has 0 amide bonds. The van der Waals surface area contributed by atoms with Crippen molar-refractivity contribution in [1.82, 2.24) is 0 Å². The molecule has 2 aromatic carbocycles. The standard InChI is InChI=1S/C17H19F/c1-3-15-10-9-14(12-17(15)18)11-13(2)16-7-5-4-6-8-16/h4-10,12-13H,3,11H2,1-2H3/t13-/m1/s1. The Morgan fingerprint density at radius 2 is 1.78 bits per heavy atom. The van der Waals surface area contributed by atoms with Crippen LogP contribution in [0.1, 0.15) is 36.5 Å². The number of halogens is 1. The fourth-order valence-corrected chi connectivity index (χ4v) is 2.26. The summed E-state index contributed by atoms with van der Waals surface area (Å²) in [5.41, 5.74) is 3.17. The average Bonchev–Trinajstić information content (AvgIpc) is 2.40. The van der Waals surface area contributed by atoms with Gasteiger partial charge in [-0.15, -0.1) is 0 Å². The first-order valence-corrected chi connectivity index (χ1v) is 6.53. The summed E-state index contributed by atoms with van der Waals surface area (Å²) in [7, 11) is 0. The van der Waals surface area contributed by atoms with E-state index in [1.54, 1.807) is 6.07 Å². The van der Waals surface area contributed by atoms with E-state index >= 15 is 0 Å². The van der Waals surface area contributed by atoms with Crippen LogP contribution in [-0.2, 0) is 12.8 Å². The van der Waals surface area contributed by atoms with Gasteiger partial charge < -0.3 is 0 Å². The summed E-state index contributed by atoms with van der Waals surface area (Å²) in [6, 6.07) is 16.0. The molecule has 0 spiro atoms. The predicted molar refractivity (Wildman–Crippen MR) is 74.3 cm³/mol. The van der Waals surface area contributed by atoms with Crippen molar-refractivity contribution in [2.24, 2.45) is 0 Å². The second kappa shape index (κ2) is 5.81. The van der Waals surface area contributed by atoms with Crippen molar-refractivity contribution >= 4 is 0 Å². The molecule has 0 aromatic heterocycles. The van der Waals surface area contributed by atoms with Crippen LogP contribution in [0.3, 0.4) is 0 Å². The Labute approximate surface area is 108 Å². The molecule has 0 aliphatic carbocycles. The van der Waals surface area contributed by atoms with E-state index in [2.05, 4.69) is 19.1 Å². The summed E-state index contributed by atoms with van der Waals surface area (Å²) in [5, 5.41) is 0. The van der Waals surface area contributed by atoms with Crippen LogP contribution in [0, 0.1) is 5.82 Å². The van der Waals surface area contributed by atoms with Gasteiger partial charge in [-0.1, -0.05) is 56.3 Å². The molecule has 94 valence electrons. The highest BCUT2D eigenvalue weighted by atomic mass is 19.1. The highest BCUT2D eigenvalue weighted by Gasteiger charge is 2.08. The van der Waals surface area contributed by atoms with Gasteiger partial charge in [-0.25, -0.2) is 4.39 Å². The maximum absolute atomic E-state index is 13.7. The molecule has 0 bridgehead atoms. The van der Waals surface area contributed by atoms with Crippen molar-refractivity contribution in [2.75, 3.05) is 0 Å². The van der Waals surface area contributed by atoms with Crippen molar-refractivity contribution in [3.05, 3.63) is 71.0 Å². The van der Waals surface area contributed by atoms with Gasteiger partial charge in [0, 0.05) is 0 Å². The first kappa shape index (κ1) is 12.8. The molecule has 0 radical (unpaired) electrons. The zero-order valence-electron chi connectivity index (χ0n) is 11.0. The smallest absolute Gasteiger partial charge is 0.126 e. The summed E-state index contributed by atoms with van der Waals surface area (Å²) in [5.74, 6) is 0.341. The second-order valence-corrected chi connectivity index (χ2v) is 4.80. The Morgan fingerprint density at radius 1 is 1.06 bits per heavy atom. The topological polar surface area (TPSA) is 0 Å². The SMILES string of the molecule is CCc1ccc(C[C@@H](C)c2ccccc2)cc1F. The highest BCUT2D eigenvalue weighted by molar-refractivity contribution is 5.27. The molecule has 2 aromatic rings. The van der Waals surface area contributed by atoms with Crippen LogP contribution >= 0.6 is 0 Å². The Morgan fingerprint density at radius 3 is 2.39 bits per heavy atom. The molecular formula is C17H19F. The van der Waals surface area contributed by atoms with Gasteiger partial charge >= 0.3 is 0 Å². The van der Waals surface area contributed by atoms with E-state index in [1.165, 1.54) is 5.56 Å². The highest BCUT2D eigenvalue weighted by Crippen LogP contribution is 2.21. The van der Waals surface area contributed by atoms with Crippen LogP contribution in [0.15, 0.2) is 48.5 Å². The van der Waals surface area contributed by atoms with E-state index in [4.69, 9.17) is 0 Å². The van der Waals surface area contributed by atoms with Crippen LogP contribution < -0.4 is 0 Å². The van der Waals surface area contributed by atoms with Gasteiger partial charge in [0.15, 0.2) is 0 Å². The van der Waals surface area contributed by atoms with Crippen molar-refractivity contribution < 1.29 is 4.39 Å². The quantitative estimate of drug-likeness (QED) is 0.726. The van der Waals surface area contributed by atoms with Crippen molar-refractivity contribution in [2.45, 2.75) is 32.6 Å². The van der Waals surface area contributed by atoms with Crippen molar-refractivity contribution in [1.29, 1.82) is 0 Å². The minimum atomic E-state index is -0.0738. The fourth-order valence-electron chi connectivity index (χ4n) is 2.26. The maximum Gasteiger partial charge on any atom is 0.126 e. The third-order valence-electron chi connectivity index (χ3n) is 3.41. The van der Waals surface area contributed by atoms with Crippen molar-refractivity contribution in [3.63, 3.8) is 0 Å². The molecule has 18 heavy (non-hydrogen) atoms. The normalized spacial score (nSPS) is 12.4. The third kappa shape index (κ3) is 2.98. The zero-order valence-corrected chi connectivity index (χ0v) is 11.0. The number of rotatable bonds is 4. The first-order chi connectivity index (χ1) is 8.70. The Bertz CT molecular complexity index is 502.